The zero-order valence-electron chi connectivity index (χ0n) is 11.2. The monoisotopic (exact) mass is 342 g/mol. The molecule has 0 saturated carbocycles. The molecule has 8 heteroatoms. The van der Waals surface area contributed by atoms with Gasteiger partial charge in [0.25, 0.3) is 0 Å². The number of azide groups is 1. The van der Waals surface area contributed by atoms with Crippen molar-refractivity contribution in [1.82, 2.24) is 5.32 Å². The van der Waals surface area contributed by atoms with Gasteiger partial charge in [0.15, 0.2) is 0 Å². The highest BCUT2D eigenvalue weighted by atomic mass is 79.9. The van der Waals surface area contributed by atoms with E-state index in [-0.39, 0.29) is 6.54 Å². The Balaban J connectivity index is 2.97. The van der Waals surface area contributed by atoms with Crippen LogP contribution < -0.4 is 10.1 Å². The van der Waals surface area contributed by atoms with Crippen molar-refractivity contribution in [3.05, 3.63) is 38.7 Å². The molecule has 0 aliphatic carbocycles. The predicted molar refractivity (Wildman–Crippen MR) is 77.5 cm³/mol. The third-order valence-electron chi connectivity index (χ3n) is 2.57. The Labute approximate surface area is 125 Å². The second-order valence-electron chi connectivity index (χ2n) is 3.75. The summed E-state index contributed by atoms with van der Waals surface area (Å²) in [5, 5.41) is 6.40. The number of carbonyl (C=O) groups excluding carboxylic acids is 1. The van der Waals surface area contributed by atoms with Crippen molar-refractivity contribution < 1.29 is 14.3 Å². The summed E-state index contributed by atoms with van der Waals surface area (Å²) < 4.78 is 10.7. The molecular formula is C12H15BrN4O3. The van der Waals surface area contributed by atoms with Gasteiger partial charge in [0.05, 0.1) is 14.2 Å². The number of hydrogen-bond donors (Lipinski definition) is 1. The first kappa shape index (κ1) is 16.3. The molecule has 20 heavy (non-hydrogen) atoms. The second kappa shape index (κ2) is 8.42. The number of methoxy groups -OCH3 is 2. The molecule has 0 aliphatic rings. The van der Waals surface area contributed by atoms with E-state index in [1.165, 1.54) is 7.11 Å². The first-order chi connectivity index (χ1) is 9.63. The van der Waals surface area contributed by atoms with Gasteiger partial charge in [-0.15, -0.1) is 0 Å². The van der Waals surface area contributed by atoms with E-state index in [2.05, 4.69) is 31.3 Å². The van der Waals surface area contributed by atoms with Crippen LogP contribution in [0.1, 0.15) is 11.6 Å². The molecule has 108 valence electrons. The molecule has 0 fully saturated rings. The molecule has 0 aromatic heterocycles. The van der Waals surface area contributed by atoms with E-state index in [0.717, 1.165) is 4.47 Å². The molecule has 1 unspecified atom stereocenters. The number of hydrogen-bond acceptors (Lipinski definition) is 5. The maximum atomic E-state index is 11.9. The first-order valence-electron chi connectivity index (χ1n) is 5.79. The summed E-state index contributed by atoms with van der Waals surface area (Å²) in [6.45, 7) is 0.596. The van der Waals surface area contributed by atoms with Crippen LogP contribution in [0, 0.1) is 0 Å². The van der Waals surface area contributed by atoms with Crippen LogP contribution in [0.25, 0.3) is 10.4 Å². The molecule has 0 spiro atoms. The van der Waals surface area contributed by atoms with E-state index in [0.29, 0.717) is 17.9 Å². The number of rotatable bonds is 7. The van der Waals surface area contributed by atoms with Crippen LogP contribution in [0.5, 0.6) is 5.75 Å². The fourth-order valence-corrected chi connectivity index (χ4v) is 2.09. The molecule has 0 amide bonds. The van der Waals surface area contributed by atoms with Crippen molar-refractivity contribution in [2.24, 2.45) is 5.11 Å². The van der Waals surface area contributed by atoms with Gasteiger partial charge >= 0.3 is 5.97 Å². The standard InChI is InChI=1S/C12H15BrN4O3/c1-19-8-3-4-10(13)9(7-8)11(12(18)20-2)15-5-6-16-17-14/h3-4,7,11,15H,5-6H2,1-2H3. The van der Waals surface area contributed by atoms with Crippen LogP contribution in [0.15, 0.2) is 27.8 Å². The van der Waals surface area contributed by atoms with Crippen molar-refractivity contribution in [3.8, 4) is 5.75 Å². The minimum Gasteiger partial charge on any atom is -0.497 e. The SMILES string of the molecule is COC(=O)C(NCCN=[N+]=[N-])c1cc(OC)ccc1Br. The zero-order valence-corrected chi connectivity index (χ0v) is 12.8. The summed E-state index contributed by atoms with van der Waals surface area (Å²) >= 11 is 3.40. The van der Waals surface area contributed by atoms with Crippen LogP contribution in [0.4, 0.5) is 0 Å². The molecule has 0 saturated heterocycles. The lowest BCUT2D eigenvalue weighted by Gasteiger charge is -2.18. The van der Waals surface area contributed by atoms with Crippen molar-refractivity contribution in [2.75, 3.05) is 27.3 Å². The first-order valence-corrected chi connectivity index (χ1v) is 6.58. The van der Waals surface area contributed by atoms with Gasteiger partial charge in [-0.25, -0.2) is 4.79 Å². The third kappa shape index (κ3) is 4.41. The highest BCUT2D eigenvalue weighted by Gasteiger charge is 2.23. The maximum Gasteiger partial charge on any atom is 0.327 e. The summed E-state index contributed by atoms with van der Waals surface area (Å²) in [6.07, 6.45) is 0. The summed E-state index contributed by atoms with van der Waals surface area (Å²) in [6, 6.07) is 4.64. The van der Waals surface area contributed by atoms with Crippen molar-refractivity contribution in [2.45, 2.75) is 6.04 Å². The molecule has 0 bridgehead atoms. The van der Waals surface area contributed by atoms with Gasteiger partial charge in [0.1, 0.15) is 11.8 Å². The Morgan fingerprint density at radius 1 is 1.55 bits per heavy atom. The van der Waals surface area contributed by atoms with Gasteiger partial charge in [-0.2, -0.15) is 0 Å². The summed E-state index contributed by atoms with van der Waals surface area (Å²) in [7, 11) is 2.87. The normalized spacial score (nSPS) is 11.3. The smallest absolute Gasteiger partial charge is 0.327 e. The van der Waals surface area contributed by atoms with Crippen LogP contribution in [0.2, 0.25) is 0 Å². The number of carbonyl (C=O) groups is 1. The topological polar surface area (TPSA) is 96.3 Å². The van der Waals surface area contributed by atoms with E-state index >= 15 is 0 Å². The van der Waals surface area contributed by atoms with Gasteiger partial charge < -0.3 is 14.8 Å². The van der Waals surface area contributed by atoms with E-state index in [1.807, 2.05) is 0 Å². The predicted octanol–water partition coefficient (Wildman–Crippen LogP) is 2.57. The molecule has 1 atom stereocenters. The molecular weight excluding hydrogens is 328 g/mol. The lowest BCUT2D eigenvalue weighted by atomic mass is 10.1. The van der Waals surface area contributed by atoms with Crippen molar-refractivity contribution in [1.29, 1.82) is 0 Å². The Morgan fingerprint density at radius 3 is 2.90 bits per heavy atom. The number of ether oxygens (including phenoxy) is 2. The van der Waals surface area contributed by atoms with E-state index in [9.17, 15) is 4.79 Å². The fourth-order valence-electron chi connectivity index (χ4n) is 1.61. The lowest BCUT2D eigenvalue weighted by Crippen LogP contribution is -2.31. The lowest BCUT2D eigenvalue weighted by molar-refractivity contribution is -0.143. The molecule has 0 aliphatic heterocycles. The Bertz CT molecular complexity index is 517. The highest BCUT2D eigenvalue weighted by Crippen LogP contribution is 2.28. The Hall–Kier alpha value is -1.76. The average molecular weight is 343 g/mol. The number of benzene rings is 1. The van der Waals surface area contributed by atoms with Crippen LogP contribution in [-0.2, 0) is 9.53 Å². The number of esters is 1. The molecule has 7 nitrogen and oxygen atoms in total. The van der Waals surface area contributed by atoms with Crippen LogP contribution in [-0.4, -0.2) is 33.3 Å². The number of nitrogens with one attached hydrogen (secondary N) is 1. The van der Waals surface area contributed by atoms with Gasteiger partial charge in [0.2, 0.25) is 0 Å². The third-order valence-corrected chi connectivity index (χ3v) is 3.30. The summed E-state index contributed by atoms with van der Waals surface area (Å²) in [5.41, 5.74) is 8.92. The molecule has 1 aromatic carbocycles. The number of halogens is 1. The quantitative estimate of drug-likeness (QED) is 0.271. The van der Waals surface area contributed by atoms with Crippen molar-refractivity contribution in [3.63, 3.8) is 0 Å². The summed E-state index contributed by atoms with van der Waals surface area (Å²) in [4.78, 5) is 14.5. The highest BCUT2D eigenvalue weighted by molar-refractivity contribution is 9.10. The molecule has 1 aromatic rings. The Morgan fingerprint density at radius 2 is 2.30 bits per heavy atom. The van der Waals surface area contributed by atoms with Gasteiger partial charge in [-0.05, 0) is 29.3 Å². The second-order valence-corrected chi connectivity index (χ2v) is 4.61. The minimum atomic E-state index is -0.668. The van der Waals surface area contributed by atoms with E-state index < -0.39 is 12.0 Å². The molecule has 1 N–H and O–H groups in total. The molecule has 0 heterocycles. The molecule has 1 rings (SSSR count). The van der Waals surface area contributed by atoms with Crippen molar-refractivity contribution >= 4 is 21.9 Å². The summed E-state index contributed by atoms with van der Waals surface area (Å²) in [5.74, 6) is 0.203. The Kier molecular flexibility index (Phi) is 6.86. The van der Waals surface area contributed by atoms with Gasteiger partial charge in [-0.3, -0.25) is 0 Å². The largest absolute Gasteiger partial charge is 0.497 e. The van der Waals surface area contributed by atoms with Gasteiger partial charge in [-0.1, -0.05) is 21.0 Å². The van der Waals surface area contributed by atoms with E-state index in [4.69, 9.17) is 15.0 Å². The van der Waals surface area contributed by atoms with Crippen LogP contribution in [0.3, 0.4) is 0 Å². The zero-order chi connectivity index (χ0) is 15.0. The number of nitrogens with zero attached hydrogens (tertiary/aromatic N) is 3. The van der Waals surface area contributed by atoms with E-state index in [1.54, 1.807) is 25.3 Å². The van der Waals surface area contributed by atoms with Gasteiger partial charge in [0, 0.05) is 22.5 Å². The minimum absolute atomic E-state index is 0.242. The molecule has 0 radical (unpaired) electrons. The fraction of sp³-hybridized carbons (Fsp3) is 0.417. The van der Waals surface area contributed by atoms with Crippen LogP contribution >= 0.6 is 15.9 Å². The maximum absolute atomic E-state index is 11.9. The average Bonchev–Trinajstić information content (AvgIpc) is 2.48.